The number of carboxylic acid groups (broad SMARTS) is 1. The second-order valence-corrected chi connectivity index (χ2v) is 5.86. The molecule has 23 heavy (non-hydrogen) atoms. The molecular weight excluding hydrogens is 296 g/mol. The molecule has 1 saturated heterocycles. The molecule has 1 aliphatic heterocycles. The molecule has 0 saturated carbocycles. The zero-order valence-corrected chi connectivity index (χ0v) is 13.1. The molecule has 2 heterocycles. The molecule has 7 heteroatoms. The highest BCUT2D eigenvalue weighted by Gasteiger charge is 2.20. The van der Waals surface area contributed by atoms with Gasteiger partial charge in [-0.1, -0.05) is 12.1 Å². The first-order valence-electron chi connectivity index (χ1n) is 7.71. The Kier molecular flexibility index (Phi) is 4.29. The van der Waals surface area contributed by atoms with E-state index in [4.69, 9.17) is 5.11 Å². The Morgan fingerprint density at radius 3 is 2.78 bits per heavy atom. The summed E-state index contributed by atoms with van der Waals surface area (Å²) in [5, 5.41) is 9.62. The highest BCUT2D eigenvalue weighted by atomic mass is 16.4. The zero-order valence-electron chi connectivity index (χ0n) is 13.1. The fourth-order valence-electron chi connectivity index (χ4n) is 2.92. The predicted octanol–water partition coefficient (Wildman–Crippen LogP) is 0.623. The van der Waals surface area contributed by atoms with Crippen LogP contribution in [0.1, 0.15) is 6.42 Å². The number of hydrogen-bond donors (Lipinski definition) is 1. The third-order valence-corrected chi connectivity index (χ3v) is 4.14. The van der Waals surface area contributed by atoms with Crippen LogP contribution in [0.4, 0.5) is 5.95 Å². The number of carboxylic acids is 1. The van der Waals surface area contributed by atoms with E-state index in [1.165, 1.54) is 4.57 Å². The molecule has 3 rings (SSSR count). The van der Waals surface area contributed by atoms with E-state index in [1.807, 2.05) is 11.0 Å². The van der Waals surface area contributed by atoms with Gasteiger partial charge in [0.2, 0.25) is 5.95 Å². The van der Waals surface area contributed by atoms with Crippen molar-refractivity contribution in [3.63, 3.8) is 0 Å². The Bertz CT molecular complexity index is 786. The van der Waals surface area contributed by atoms with E-state index in [1.54, 1.807) is 18.2 Å². The number of aromatic nitrogens is 2. The number of likely N-dealkylation sites (N-methyl/N-ethyl adjacent to an activating group) is 1. The van der Waals surface area contributed by atoms with Gasteiger partial charge in [0, 0.05) is 19.6 Å². The van der Waals surface area contributed by atoms with Crippen molar-refractivity contribution in [2.45, 2.75) is 13.0 Å². The number of carbonyl (C=O) groups is 1. The number of anilines is 1. The molecule has 1 N–H and O–H groups in total. The largest absolute Gasteiger partial charge is 0.480 e. The van der Waals surface area contributed by atoms with Crippen molar-refractivity contribution in [2.75, 3.05) is 38.1 Å². The molecule has 0 aliphatic carbocycles. The van der Waals surface area contributed by atoms with Gasteiger partial charge >= 0.3 is 5.97 Å². The summed E-state index contributed by atoms with van der Waals surface area (Å²) in [7, 11) is 2.06. The molecule has 0 radical (unpaired) electrons. The van der Waals surface area contributed by atoms with Crippen LogP contribution in [0.5, 0.6) is 0 Å². The summed E-state index contributed by atoms with van der Waals surface area (Å²) in [4.78, 5) is 32.7. The molecule has 122 valence electrons. The van der Waals surface area contributed by atoms with Crippen molar-refractivity contribution in [1.82, 2.24) is 14.5 Å². The lowest BCUT2D eigenvalue weighted by atomic mass is 10.2. The van der Waals surface area contributed by atoms with Crippen LogP contribution in [0.15, 0.2) is 29.1 Å². The standard InChI is InChI=1S/C16H20N4O3/c1-18-7-4-8-19(10-9-18)16-17-13-6-3-2-5-12(13)15(23)20(16)11-14(21)22/h2-3,5-6H,4,7-11H2,1H3,(H,21,22). The van der Waals surface area contributed by atoms with Crippen LogP contribution < -0.4 is 10.5 Å². The second-order valence-electron chi connectivity index (χ2n) is 5.86. The van der Waals surface area contributed by atoms with Crippen molar-refractivity contribution in [3.05, 3.63) is 34.6 Å². The quantitative estimate of drug-likeness (QED) is 0.894. The number of rotatable bonds is 3. The van der Waals surface area contributed by atoms with Crippen molar-refractivity contribution in [3.8, 4) is 0 Å². The van der Waals surface area contributed by atoms with Gasteiger partial charge in [-0.3, -0.25) is 14.2 Å². The van der Waals surface area contributed by atoms with Crippen molar-refractivity contribution in [2.24, 2.45) is 0 Å². The Hall–Kier alpha value is -2.41. The number of para-hydroxylation sites is 1. The molecule has 1 aromatic heterocycles. The predicted molar refractivity (Wildman–Crippen MR) is 88.0 cm³/mol. The molecule has 1 aliphatic rings. The maximum atomic E-state index is 12.7. The minimum Gasteiger partial charge on any atom is -0.480 e. The summed E-state index contributed by atoms with van der Waals surface area (Å²) in [6, 6.07) is 7.06. The SMILES string of the molecule is CN1CCCN(c2nc3ccccc3c(=O)n2CC(=O)O)CC1. The molecular formula is C16H20N4O3. The lowest BCUT2D eigenvalue weighted by Gasteiger charge is -2.24. The highest BCUT2D eigenvalue weighted by Crippen LogP contribution is 2.16. The van der Waals surface area contributed by atoms with Gasteiger partial charge < -0.3 is 14.9 Å². The Balaban J connectivity index is 2.13. The summed E-state index contributed by atoms with van der Waals surface area (Å²) in [6.07, 6.45) is 0.951. The number of hydrogen-bond acceptors (Lipinski definition) is 5. The number of aliphatic carboxylic acids is 1. The smallest absolute Gasteiger partial charge is 0.323 e. The van der Waals surface area contributed by atoms with Crippen LogP contribution in [0, 0.1) is 0 Å². The van der Waals surface area contributed by atoms with E-state index < -0.39 is 5.97 Å². The second kappa shape index (κ2) is 6.37. The van der Waals surface area contributed by atoms with Gasteiger partial charge in [0.1, 0.15) is 6.54 Å². The van der Waals surface area contributed by atoms with E-state index in [0.29, 0.717) is 16.9 Å². The minimum absolute atomic E-state index is 0.300. The molecule has 7 nitrogen and oxygen atoms in total. The first kappa shape index (κ1) is 15.5. The van der Waals surface area contributed by atoms with Gasteiger partial charge in [0.15, 0.2) is 0 Å². The van der Waals surface area contributed by atoms with Crippen LogP contribution in [-0.2, 0) is 11.3 Å². The normalized spacial score (nSPS) is 16.5. The van der Waals surface area contributed by atoms with Gasteiger partial charge in [-0.15, -0.1) is 0 Å². The molecule has 0 bridgehead atoms. The topological polar surface area (TPSA) is 78.7 Å². The van der Waals surface area contributed by atoms with Gasteiger partial charge in [0.05, 0.1) is 10.9 Å². The Morgan fingerprint density at radius 2 is 2.00 bits per heavy atom. The van der Waals surface area contributed by atoms with Crippen molar-refractivity contribution in [1.29, 1.82) is 0 Å². The third kappa shape index (κ3) is 3.19. The van der Waals surface area contributed by atoms with Crippen LogP contribution in [0.25, 0.3) is 10.9 Å². The molecule has 0 spiro atoms. The van der Waals surface area contributed by atoms with Gasteiger partial charge in [-0.05, 0) is 32.1 Å². The van der Waals surface area contributed by atoms with Crippen LogP contribution in [-0.4, -0.2) is 58.8 Å². The maximum Gasteiger partial charge on any atom is 0.323 e. The van der Waals surface area contributed by atoms with Crippen LogP contribution >= 0.6 is 0 Å². The summed E-state index contributed by atoms with van der Waals surface area (Å²) in [6.45, 7) is 2.94. The van der Waals surface area contributed by atoms with E-state index in [2.05, 4.69) is 16.9 Å². The lowest BCUT2D eigenvalue weighted by molar-refractivity contribution is -0.137. The summed E-state index contributed by atoms with van der Waals surface area (Å²) < 4.78 is 1.27. The summed E-state index contributed by atoms with van der Waals surface area (Å²) in [5.41, 5.74) is 0.303. The summed E-state index contributed by atoms with van der Waals surface area (Å²) in [5.74, 6) is -0.594. The first-order valence-corrected chi connectivity index (χ1v) is 7.71. The zero-order chi connectivity index (χ0) is 16.4. The highest BCUT2D eigenvalue weighted by molar-refractivity contribution is 5.79. The van der Waals surface area contributed by atoms with E-state index in [9.17, 15) is 9.59 Å². The molecule has 2 aromatic rings. The average Bonchev–Trinajstić information content (AvgIpc) is 2.74. The molecule has 1 fully saturated rings. The molecule has 0 atom stereocenters. The molecule has 0 amide bonds. The Morgan fingerprint density at radius 1 is 1.22 bits per heavy atom. The van der Waals surface area contributed by atoms with E-state index in [-0.39, 0.29) is 12.1 Å². The average molecular weight is 316 g/mol. The maximum absolute atomic E-state index is 12.7. The fourth-order valence-corrected chi connectivity index (χ4v) is 2.92. The minimum atomic E-state index is -1.04. The van der Waals surface area contributed by atoms with E-state index in [0.717, 1.165) is 32.6 Å². The first-order chi connectivity index (χ1) is 11.1. The van der Waals surface area contributed by atoms with E-state index >= 15 is 0 Å². The van der Waals surface area contributed by atoms with Crippen molar-refractivity contribution >= 4 is 22.8 Å². The van der Waals surface area contributed by atoms with Gasteiger partial charge in [0.25, 0.3) is 5.56 Å². The van der Waals surface area contributed by atoms with Crippen LogP contribution in [0.2, 0.25) is 0 Å². The van der Waals surface area contributed by atoms with Crippen LogP contribution in [0.3, 0.4) is 0 Å². The number of benzene rings is 1. The number of nitrogens with zero attached hydrogens (tertiary/aromatic N) is 4. The van der Waals surface area contributed by atoms with Gasteiger partial charge in [-0.2, -0.15) is 0 Å². The molecule has 1 aromatic carbocycles. The monoisotopic (exact) mass is 316 g/mol. The summed E-state index contributed by atoms with van der Waals surface area (Å²) >= 11 is 0. The lowest BCUT2D eigenvalue weighted by Crippen LogP contribution is -2.36. The molecule has 0 unspecified atom stereocenters. The van der Waals surface area contributed by atoms with Crippen molar-refractivity contribution < 1.29 is 9.90 Å². The number of fused-ring (bicyclic) bond motifs is 1. The third-order valence-electron chi connectivity index (χ3n) is 4.14. The fraction of sp³-hybridized carbons (Fsp3) is 0.438. The van der Waals surface area contributed by atoms with Gasteiger partial charge in [-0.25, -0.2) is 4.98 Å². The Labute approximate surface area is 133 Å².